The first-order valence-electron chi connectivity index (χ1n) is 0. The molecule has 16 heteroatoms. The average Bonchev–Trinajstić information content (AvgIpc) is 0. The van der Waals surface area contributed by atoms with Gasteiger partial charge in [0.1, 0.15) is 0 Å². The Morgan fingerprint density at radius 1 is 0.188 bits per heavy atom. The molecule has 0 unspecified atom stereocenters. The fourth-order valence-corrected chi connectivity index (χ4v) is 0. The quantitative estimate of drug-likeness (QED) is 0.244. The van der Waals surface area contributed by atoms with Gasteiger partial charge in [-0.15, -0.1) is 0 Å². The van der Waals surface area contributed by atoms with Gasteiger partial charge in [0.2, 0.25) is 0 Å². The van der Waals surface area contributed by atoms with Crippen molar-refractivity contribution >= 4 is 17.4 Å². The maximum absolute atomic E-state index is 0. The number of rotatable bonds is 0. The normalized spacial score (nSPS) is 0. The minimum atomic E-state index is 0. The molecule has 0 saturated carbocycles. The van der Waals surface area contributed by atoms with Crippen LogP contribution in [0.15, 0.2) is 0 Å². The zero-order chi connectivity index (χ0) is 0. The molecule has 0 atom stereocenters. The van der Waals surface area contributed by atoms with Gasteiger partial charge in [-0.1, -0.05) is 0 Å². The van der Waals surface area contributed by atoms with Crippen LogP contribution in [0.1, 0.15) is 0 Å². The average molecular weight is 596 g/mol. The van der Waals surface area contributed by atoms with E-state index in [4.69, 9.17) is 0 Å². The summed E-state index contributed by atoms with van der Waals surface area (Å²) in [5, 5.41) is 0. The summed E-state index contributed by atoms with van der Waals surface area (Å²) in [6.07, 6.45) is 0. The Balaban J connectivity index is 0. The maximum atomic E-state index is 0. The topological polar surface area (TPSA) is 0 Å². The molecular weight excluding hydrogens is 596 g/mol. The van der Waals surface area contributed by atoms with Gasteiger partial charge < -0.3 is 149 Å². The molecule has 0 amide bonds. The molecular formula is AlCl12Ti3-3. The Kier molecular flexibility index (Phi) is 3710. The molecule has 0 aromatic heterocycles. The molecule has 0 aliphatic carbocycles. The number of hydrogen-bond acceptors (Lipinski definition) is 0. The zero-order valence-electron chi connectivity index (χ0n) is 6.61. The minimum absolute atomic E-state index is 0. The Labute approximate surface area is 227 Å². The van der Waals surface area contributed by atoms with Gasteiger partial charge in [0.15, 0.2) is 0 Å². The van der Waals surface area contributed by atoms with Crippen LogP contribution in [0.5, 0.6) is 0 Å². The molecule has 0 aliphatic rings. The van der Waals surface area contributed by atoms with Crippen LogP contribution in [-0.2, 0) is 65.2 Å². The summed E-state index contributed by atoms with van der Waals surface area (Å²) in [4.78, 5) is 0. The fraction of sp³-hybridized carbons (Fsp3) is 0. The summed E-state index contributed by atoms with van der Waals surface area (Å²) in [6, 6.07) is 0. The fourth-order valence-electron chi connectivity index (χ4n) is 0. The standard InChI is InChI=1S/Al.12ClH.3Ti/h;12*1H;;;/q+3;;;;;;;;;;;;;3*+2/p-12. The van der Waals surface area contributed by atoms with E-state index in [1.807, 2.05) is 0 Å². The molecule has 0 heterocycles. The molecule has 0 aliphatic heterocycles. The summed E-state index contributed by atoms with van der Waals surface area (Å²) >= 11 is 0. The molecule has 102 valence electrons. The molecule has 0 radical (unpaired) electrons. The second-order valence-corrected chi connectivity index (χ2v) is 0. The molecule has 0 aromatic carbocycles. The summed E-state index contributed by atoms with van der Waals surface area (Å²) in [7, 11) is 0. The van der Waals surface area contributed by atoms with E-state index in [0.29, 0.717) is 0 Å². The number of halogens is 12. The van der Waals surface area contributed by atoms with Gasteiger partial charge in [0.05, 0.1) is 0 Å². The first-order chi connectivity index (χ1) is 0. The summed E-state index contributed by atoms with van der Waals surface area (Å²) in [5.74, 6) is 0. The summed E-state index contributed by atoms with van der Waals surface area (Å²) < 4.78 is 0. The first-order valence-corrected chi connectivity index (χ1v) is 0. The van der Waals surface area contributed by atoms with Crippen LogP contribution in [0.4, 0.5) is 0 Å². The van der Waals surface area contributed by atoms with Gasteiger partial charge in [-0.05, 0) is 0 Å². The molecule has 16 heavy (non-hydrogen) atoms. The zero-order valence-corrected chi connectivity index (χ0v) is 21.5. The van der Waals surface area contributed by atoms with E-state index >= 15 is 0 Å². The third-order valence-corrected chi connectivity index (χ3v) is 0. The molecule has 0 fully saturated rings. The Morgan fingerprint density at radius 2 is 0.188 bits per heavy atom. The van der Waals surface area contributed by atoms with Crippen molar-refractivity contribution in [2.45, 2.75) is 0 Å². The van der Waals surface area contributed by atoms with Crippen LogP contribution in [-0.4, -0.2) is 17.4 Å². The third-order valence-electron chi connectivity index (χ3n) is 0. The van der Waals surface area contributed by atoms with Crippen molar-refractivity contribution in [2.24, 2.45) is 0 Å². The van der Waals surface area contributed by atoms with Crippen molar-refractivity contribution in [1.82, 2.24) is 0 Å². The second-order valence-electron chi connectivity index (χ2n) is 0. The van der Waals surface area contributed by atoms with Crippen molar-refractivity contribution in [1.29, 1.82) is 0 Å². The van der Waals surface area contributed by atoms with E-state index in [-0.39, 0.29) is 231 Å². The van der Waals surface area contributed by atoms with Gasteiger partial charge in [0.25, 0.3) is 0 Å². The molecule has 0 aromatic rings. The Morgan fingerprint density at radius 3 is 0.188 bits per heavy atom. The smallest absolute Gasteiger partial charge is 1.00 e. The molecule has 0 spiro atoms. The van der Waals surface area contributed by atoms with E-state index in [0.717, 1.165) is 0 Å². The van der Waals surface area contributed by atoms with Crippen molar-refractivity contribution in [3.05, 3.63) is 0 Å². The predicted molar refractivity (Wildman–Crippen MR) is 5.75 cm³/mol. The van der Waals surface area contributed by atoms with Crippen LogP contribution in [0.2, 0.25) is 0 Å². The van der Waals surface area contributed by atoms with Crippen LogP contribution in [0.3, 0.4) is 0 Å². The van der Waals surface area contributed by atoms with E-state index in [2.05, 4.69) is 0 Å². The molecule has 0 N–H and O–H groups in total. The molecule has 0 nitrogen and oxygen atoms in total. The Hall–Kier alpha value is 6.16. The summed E-state index contributed by atoms with van der Waals surface area (Å²) in [6.45, 7) is 0. The van der Waals surface area contributed by atoms with Crippen molar-refractivity contribution < 1.29 is 214 Å². The van der Waals surface area contributed by atoms with Crippen LogP contribution < -0.4 is 149 Å². The van der Waals surface area contributed by atoms with Gasteiger partial charge in [-0.25, -0.2) is 0 Å². The van der Waals surface area contributed by atoms with Crippen molar-refractivity contribution in [3.8, 4) is 0 Å². The molecule has 0 rings (SSSR count). The van der Waals surface area contributed by atoms with Gasteiger partial charge in [-0.3, -0.25) is 0 Å². The largest absolute Gasteiger partial charge is 3.00 e. The second kappa shape index (κ2) is 227. The predicted octanol–water partition coefficient (Wildman–Crippen LogP) is -36.3. The van der Waals surface area contributed by atoms with Gasteiger partial charge in [0, 0.05) is 0 Å². The number of hydrogen-bond donors (Lipinski definition) is 0. The Bertz CT molecular complexity index is 16.2. The van der Waals surface area contributed by atoms with Crippen LogP contribution in [0.25, 0.3) is 0 Å². The molecule has 0 bridgehead atoms. The van der Waals surface area contributed by atoms with Crippen molar-refractivity contribution in [3.63, 3.8) is 0 Å². The maximum Gasteiger partial charge on any atom is 3.00 e. The monoisotopic (exact) mass is 590 g/mol. The molecule has 0 saturated heterocycles. The SMILES string of the molecule is [Al+3].[Cl-].[Cl-].[Cl-].[Cl-].[Cl-].[Cl-].[Cl-].[Cl-].[Cl-].[Cl-].[Cl-].[Cl-].[Ti+2].[Ti+2].[Ti+2]. The first kappa shape index (κ1) is 262. The summed E-state index contributed by atoms with van der Waals surface area (Å²) in [5.41, 5.74) is 0. The van der Waals surface area contributed by atoms with E-state index in [1.165, 1.54) is 0 Å². The van der Waals surface area contributed by atoms with Crippen LogP contribution >= 0.6 is 0 Å². The van der Waals surface area contributed by atoms with E-state index in [9.17, 15) is 0 Å². The minimum Gasteiger partial charge on any atom is -1.00 e. The van der Waals surface area contributed by atoms with E-state index < -0.39 is 0 Å². The van der Waals surface area contributed by atoms with Crippen LogP contribution in [0, 0.1) is 0 Å². The van der Waals surface area contributed by atoms with E-state index in [1.54, 1.807) is 0 Å². The van der Waals surface area contributed by atoms with Gasteiger partial charge >= 0.3 is 82.5 Å². The van der Waals surface area contributed by atoms with Gasteiger partial charge in [-0.2, -0.15) is 0 Å². The van der Waals surface area contributed by atoms with Crippen molar-refractivity contribution in [2.75, 3.05) is 0 Å². The third kappa shape index (κ3) is 195.